The van der Waals surface area contributed by atoms with Gasteiger partial charge < -0.3 is 5.32 Å². The molecule has 2 aromatic rings. The van der Waals surface area contributed by atoms with Crippen LogP contribution in [0.25, 0.3) is 0 Å². The van der Waals surface area contributed by atoms with Gasteiger partial charge in [-0.25, -0.2) is 4.98 Å². The van der Waals surface area contributed by atoms with Gasteiger partial charge in [-0.3, -0.25) is 9.78 Å². The normalized spacial score (nSPS) is 10.0. The predicted octanol–water partition coefficient (Wildman–Crippen LogP) is 2.18. The largest absolute Gasteiger partial charge is 0.306 e. The third-order valence-electron chi connectivity index (χ3n) is 2.13. The van der Waals surface area contributed by atoms with E-state index in [1.807, 2.05) is 6.92 Å². The van der Waals surface area contributed by atoms with Gasteiger partial charge in [-0.05, 0) is 31.2 Å². The van der Waals surface area contributed by atoms with Crippen LogP contribution < -0.4 is 5.32 Å². The Kier molecular flexibility index (Phi) is 3.09. The fourth-order valence-corrected chi connectivity index (χ4v) is 1.27. The lowest BCUT2D eigenvalue weighted by Gasteiger charge is -2.03. The van der Waals surface area contributed by atoms with Gasteiger partial charge >= 0.3 is 0 Å². The topological polar surface area (TPSA) is 54.9 Å². The number of nitrogens with zero attached hydrogens (tertiary/aromatic N) is 2. The highest BCUT2D eigenvalue weighted by molar-refractivity contribution is 6.03. The quantitative estimate of drug-likeness (QED) is 0.806. The molecule has 0 aliphatic heterocycles. The van der Waals surface area contributed by atoms with Crippen molar-refractivity contribution in [2.45, 2.75) is 6.92 Å². The molecule has 1 amide bonds. The Labute approximate surface area is 97.5 Å². The van der Waals surface area contributed by atoms with E-state index in [0.717, 1.165) is 5.69 Å². The van der Waals surface area contributed by atoms with Crippen LogP contribution in [0.1, 0.15) is 16.1 Å². The minimum Gasteiger partial charge on any atom is -0.306 e. The summed E-state index contributed by atoms with van der Waals surface area (Å²) in [5.41, 5.74) is 1.23. The molecule has 2 rings (SSSR count). The van der Waals surface area contributed by atoms with Gasteiger partial charge in [0.05, 0.1) is 5.56 Å². The van der Waals surface area contributed by atoms with Crippen molar-refractivity contribution in [3.63, 3.8) is 0 Å². The highest BCUT2D eigenvalue weighted by atomic mass is 19.1. The SMILES string of the molecule is Cc1ccc(C(=O)Nc2cccc(F)n2)cn1. The number of aryl methyl sites for hydroxylation is 1. The molecule has 2 heterocycles. The molecule has 0 spiro atoms. The summed E-state index contributed by atoms with van der Waals surface area (Å²) in [6.07, 6.45) is 1.46. The number of hydrogen-bond acceptors (Lipinski definition) is 3. The van der Waals surface area contributed by atoms with Crippen LogP contribution in [0.3, 0.4) is 0 Å². The molecule has 0 unspecified atom stereocenters. The van der Waals surface area contributed by atoms with E-state index in [4.69, 9.17) is 0 Å². The number of rotatable bonds is 2. The van der Waals surface area contributed by atoms with Crippen LogP contribution in [0, 0.1) is 12.9 Å². The van der Waals surface area contributed by atoms with E-state index < -0.39 is 5.95 Å². The lowest BCUT2D eigenvalue weighted by molar-refractivity contribution is 0.102. The van der Waals surface area contributed by atoms with Gasteiger partial charge in [0.15, 0.2) is 0 Å². The van der Waals surface area contributed by atoms with Crippen molar-refractivity contribution in [3.8, 4) is 0 Å². The molecule has 0 fully saturated rings. The third-order valence-corrected chi connectivity index (χ3v) is 2.13. The van der Waals surface area contributed by atoms with Gasteiger partial charge in [-0.15, -0.1) is 0 Å². The Hall–Kier alpha value is -2.30. The second-order valence-corrected chi connectivity index (χ2v) is 3.49. The summed E-state index contributed by atoms with van der Waals surface area (Å²) in [5.74, 6) is -0.823. The van der Waals surface area contributed by atoms with Crippen LogP contribution in [0.4, 0.5) is 10.2 Å². The Bertz CT molecular complexity index is 540. The fourth-order valence-electron chi connectivity index (χ4n) is 1.27. The van der Waals surface area contributed by atoms with Gasteiger partial charge in [0, 0.05) is 11.9 Å². The minimum absolute atomic E-state index is 0.176. The van der Waals surface area contributed by atoms with E-state index in [0.29, 0.717) is 5.56 Å². The van der Waals surface area contributed by atoms with Crippen LogP contribution in [0.2, 0.25) is 0 Å². The maximum absolute atomic E-state index is 12.8. The maximum atomic E-state index is 12.8. The van der Waals surface area contributed by atoms with E-state index in [-0.39, 0.29) is 11.7 Å². The molecule has 0 bridgehead atoms. The van der Waals surface area contributed by atoms with Crippen LogP contribution in [0.5, 0.6) is 0 Å². The maximum Gasteiger partial charge on any atom is 0.258 e. The molecule has 0 aliphatic rings. The summed E-state index contributed by atoms with van der Waals surface area (Å²) < 4.78 is 12.8. The second kappa shape index (κ2) is 4.69. The number of amides is 1. The van der Waals surface area contributed by atoms with E-state index in [1.165, 1.54) is 24.4 Å². The number of carbonyl (C=O) groups excluding carboxylic acids is 1. The molecule has 4 nitrogen and oxygen atoms in total. The van der Waals surface area contributed by atoms with Gasteiger partial charge in [-0.2, -0.15) is 4.39 Å². The van der Waals surface area contributed by atoms with Gasteiger partial charge in [0.25, 0.3) is 5.91 Å². The average molecular weight is 231 g/mol. The Balaban J connectivity index is 2.14. The zero-order chi connectivity index (χ0) is 12.3. The first-order valence-corrected chi connectivity index (χ1v) is 5.02. The number of anilines is 1. The Morgan fingerprint density at radius 3 is 2.76 bits per heavy atom. The molecule has 0 aromatic carbocycles. The van der Waals surface area contributed by atoms with Crippen LogP contribution in [-0.4, -0.2) is 15.9 Å². The molecule has 0 saturated heterocycles. The summed E-state index contributed by atoms with van der Waals surface area (Å²) in [5, 5.41) is 2.49. The summed E-state index contributed by atoms with van der Waals surface area (Å²) in [4.78, 5) is 19.3. The molecular weight excluding hydrogens is 221 g/mol. The molecule has 0 aliphatic carbocycles. The van der Waals surface area contributed by atoms with Gasteiger partial charge in [0.2, 0.25) is 5.95 Å². The number of hydrogen-bond donors (Lipinski definition) is 1. The zero-order valence-electron chi connectivity index (χ0n) is 9.14. The summed E-state index contributed by atoms with van der Waals surface area (Å²) in [6.45, 7) is 1.83. The zero-order valence-corrected chi connectivity index (χ0v) is 9.14. The first-order valence-electron chi connectivity index (χ1n) is 5.02. The Morgan fingerprint density at radius 2 is 2.12 bits per heavy atom. The highest BCUT2D eigenvalue weighted by Gasteiger charge is 2.07. The summed E-state index contributed by atoms with van der Waals surface area (Å²) >= 11 is 0. The molecule has 1 N–H and O–H groups in total. The Morgan fingerprint density at radius 1 is 1.29 bits per heavy atom. The van der Waals surface area contributed by atoms with Crippen molar-refractivity contribution < 1.29 is 9.18 Å². The summed E-state index contributed by atoms with van der Waals surface area (Å²) in [6, 6.07) is 7.59. The number of carbonyl (C=O) groups is 1. The van der Waals surface area contributed by atoms with Crippen LogP contribution >= 0.6 is 0 Å². The van der Waals surface area contributed by atoms with Crippen molar-refractivity contribution in [1.82, 2.24) is 9.97 Å². The summed E-state index contributed by atoms with van der Waals surface area (Å²) in [7, 11) is 0. The molecule has 5 heteroatoms. The van der Waals surface area contributed by atoms with Gasteiger partial charge in [0.1, 0.15) is 5.82 Å². The number of pyridine rings is 2. The monoisotopic (exact) mass is 231 g/mol. The smallest absolute Gasteiger partial charge is 0.258 e. The van der Waals surface area contributed by atoms with Gasteiger partial charge in [-0.1, -0.05) is 6.07 Å². The highest BCUT2D eigenvalue weighted by Crippen LogP contribution is 2.07. The lowest BCUT2D eigenvalue weighted by atomic mass is 10.2. The van der Waals surface area contributed by atoms with Crippen molar-refractivity contribution >= 4 is 11.7 Å². The van der Waals surface area contributed by atoms with E-state index in [2.05, 4.69) is 15.3 Å². The fraction of sp³-hybridized carbons (Fsp3) is 0.0833. The van der Waals surface area contributed by atoms with Crippen LogP contribution in [0.15, 0.2) is 36.5 Å². The number of halogens is 1. The third kappa shape index (κ3) is 2.84. The first-order chi connectivity index (χ1) is 8.15. The molecule has 0 atom stereocenters. The molecular formula is C12H10FN3O. The predicted molar refractivity (Wildman–Crippen MR) is 61.1 cm³/mol. The molecule has 0 saturated carbocycles. The van der Waals surface area contributed by atoms with E-state index >= 15 is 0 Å². The average Bonchev–Trinajstić information content (AvgIpc) is 2.29. The number of nitrogens with one attached hydrogen (secondary N) is 1. The molecule has 17 heavy (non-hydrogen) atoms. The molecule has 2 aromatic heterocycles. The standard InChI is InChI=1S/C12H10FN3O/c1-8-5-6-9(7-14-8)12(17)16-11-4-2-3-10(13)15-11/h2-7H,1H3,(H,15,16,17). The van der Waals surface area contributed by atoms with E-state index in [9.17, 15) is 9.18 Å². The molecule has 86 valence electrons. The lowest BCUT2D eigenvalue weighted by Crippen LogP contribution is -2.13. The van der Waals surface area contributed by atoms with Crippen molar-refractivity contribution in [2.24, 2.45) is 0 Å². The van der Waals surface area contributed by atoms with E-state index in [1.54, 1.807) is 12.1 Å². The van der Waals surface area contributed by atoms with Crippen molar-refractivity contribution in [3.05, 3.63) is 53.7 Å². The second-order valence-electron chi connectivity index (χ2n) is 3.49. The number of aromatic nitrogens is 2. The van der Waals surface area contributed by atoms with Crippen molar-refractivity contribution in [2.75, 3.05) is 5.32 Å². The van der Waals surface area contributed by atoms with Crippen LogP contribution in [-0.2, 0) is 0 Å². The molecule has 0 radical (unpaired) electrons. The first kappa shape index (κ1) is 11.2. The minimum atomic E-state index is -0.634. The van der Waals surface area contributed by atoms with Crippen molar-refractivity contribution in [1.29, 1.82) is 0 Å².